The minimum atomic E-state index is -0.419. The number of benzene rings is 1. The Hall–Kier alpha value is -2.04. The van der Waals surface area contributed by atoms with E-state index in [2.05, 4.69) is 22.3 Å². The first-order chi connectivity index (χ1) is 11.8. The highest BCUT2D eigenvalue weighted by Gasteiger charge is 2.21. The van der Waals surface area contributed by atoms with Crippen LogP contribution in [0.5, 0.6) is 0 Å². The van der Waals surface area contributed by atoms with Crippen LogP contribution in [0.15, 0.2) is 24.3 Å². The van der Waals surface area contributed by atoms with E-state index in [1.54, 1.807) is 11.8 Å². The zero-order chi connectivity index (χ0) is 18.4. The molecule has 5 heteroatoms. The number of carbonyl (C=O) groups is 2. The molecule has 2 amide bonds. The summed E-state index contributed by atoms with van der Waals surface area (Å²) in [5.74, 6) is -0.0211. The Bertz CT molecular complexity index is 584. The molecule has 0 unspecified atom stereocenters. The van der Waals surface area contributed by atoms with Crippen LogP contribution in [0.2, 0.25) is 0 Å². The molecule has 5 nitrogen and oxygen atoms in total. The lowest BCUT2D eigenvalue weighted by Gasteiger charge is -2.29. The van der Waals surface area contributed by atoms with E-state index in [1.807, 2.05) is 32.9 Å². The molecule has 0 radical (unpaired) electrons. The van der Waals surface area contributed by atoms with Crippen LogP contribution in [0.1, 0.15) is 47.0 Å². The zero-order valence-corrected chi connectivity index (χ0v) is 16.0. The van der Waals surface area contributed by atoms with Gasteiger partial charge in [-0.15, -0.1) is 0 Å². The Morgan fingerprint density at radius 3 is 2.20 bits per heavy atom. The maximum atomic E-state index is 12.0. The van der Waals surface area contributed by atoms with Crippen LogP contribution in [-0.2, 0) is 9.59 Å². The fourth-order valence-corrected chi connectivity index (χ4v) is 3.01. The first-order valence-electron chi connectivity index (χ1n) is 9.20. The van der Waals surface area contributed by atoms with Crippen molar-refractivity contribution in [2.24, 2.45) is 5.41 Å². The number of amides is 2. The normalized spacial score (nSPS) is 15.0. The molecule has 2 rings (SSSR count). The van der Waals surface area contributed by atoms with E-state index in [0.717, 1.165) is 18.8 Å². The number of nitrogens with one attached hydrogen (secondary N) is 1. The van der Waals surface area contributed by atoms with Gasteiger partial charge in [0.05, 0.1) is 0 Å². The van der Waals surface area contributed by atoms with Crippen molar-refractivity contribution in [3.05, 3.63) is 24.3 Å². The predicted octanol–water partition coefficient (Wildman–Crippen LogP) is 3.19. The highest BCUT2D eigenvalue weighted by atomic mass is 16.2. The maximum Gasteiger partial charge on any atom is 0.225 e. The van der Waals surface area contributed by atoms with Crippen molar-refractivity contribution >= 4 is 23.2 Å². The lowest BCUT2D eigenvalue weighted by atomic mass is 9.96. The molecular weight excluding hydrogens is 314 g/mol. The van der Waals surface area contributed by atoms with E-state index in [4.69, 9.17) is 0 Å². The van der Waals surface area contributed by atoms with Crippen molar-refractivity contribution < 1.29 is 9.59 Å². The molecule has 0 bridgehead atoms. The van der Waals surface area contributed by atoms with E-state index in [0.29, 0.717) is 13.1 Å². The van der Waals surface area contributed by atoms with E-state index in [9.17, 15) is 9.59 Å². The topological polar surface area (TPSA) is 52.7 Å². The molecule has 1 aliphatic rings. The van der Waals surface area contributed by atoms with Crippen LogP contribution >= 0.6 is 0 Å². The average molecular weight is 345 g/mol. The van der Waals surface area contributed by atoms with Crippen molar-refractivity contribution in [2.75, 3.05) is 36.0 Å². The van der Waals surface area contributed by atoms with Gasteiger partial charge in [0.2, 0.25) is 11.8 Å². The van der Waals surface area contributed by atoms with E-state index >= 15 is 0 Å². The molecule has 0 aliphatic carbocycles. The van der Waals surface area contributed by atoms with E-state index in [-0.39, 0.29) is 11.8 Å². The second-order valence-corrected chi connectivity index (χ2v) is 7.74. The van der Waals surface area contributed by atoms with Gasteiger partial charge < -0.3 is 15.1 Å². The number of hydrogen-bond acceptors (Lipinski definition) is 3. The average Bonchev–Trinajstić information content (AvgIpc) is 2.58. The van der Waals surface area contributed by atoms with E-state index in [1.165, 1.54) is 24.9 Å². The number of anilines is 2. The molecule has 1 saturated heterocycles. The third-order valence-corrected chi connectivity index (χ3v) is 4.56. The Labute approximate surface area is 151 Å². The fraction of sp³-hybridized carbons (Fsp3) is 0.600. The summed E-state index contributed by atoms with van der Waals surface area (Å²) in [6.45, 7) is 10.3. The molecule has 1 aliphatic heterocycles. The molecular formula is C20H31N3O2. The van der Waals surface area contributed by atoms with Crippen LogP contribution < -0.4 is 15.1 Å². The Morgan fingerprint density at radius 2 is 1.68 bits per heavy atom. The molecule has 1 N–H and O–H groups in total. The number of hydrogen-bond donors (Lipinski definition) is 1. The summed E-state index contributed by atoms with van der Waals surface area (Å²) in [6, 6.07) is 8.17. The SMILES string of the molecule is CC(=O)N(CCNC(=O)C(C)(C)C)c1ccc(N2CCCCC2)cc1. The zero-order valence-electron chi connectivity index (χ0n) is 16.0. The Morgan fingerprint density at radius 1 is 1.08 bits per heavy atom. The van der Waals surface area contributed by atoms with Crippen LogP contribution in [0, 0.1) is 5.41 Å². The summed E-state index contributed by atoms with van der Waals surface area (Å²) in [5.41, 5.74) is 1.67. The highest BCUT2D eigenvalue weighted by Crippen LogP contribution is 2.23. The summed E-state index contributed by atoms with van der Waals surface area (Å²) in [4.78, 5) is 28.1. The molecule has 25 heavy (non-hydrogen) atoms. The van der Waals surface area contributed by atoms with E-state index < -0.39 is 5.41 Å². The van der Waals surface area contributed by atoms with Crippen molar-refractivity contribution in [3.8, 4) is 0 Å². The lowest BCUT2D eigenvalue weighted by Crippen LogP contribution is -2.41. The van der Waals surface area contributed by atoms with Crippen molar-refractivity contribution in [3.63, 3.8) is 0 Å². The largest absolute Gasteiger partial charge is 0.372 e. The smallest absolute Gasteiger partial charge is 0.225 e. The second-order valence-electron chi connectivity index (χ2n) is 7.74. The fourth-order valence-electron chi connectivity index (χ4n) is 3.01. The molecule has 0 saturated carbocycles. The standard InChI is InChI=1S/C20H31N3O2/c1-16(24)23(15-12-21-19(25)20(2,3)4)18-10-8-17(9-11-18)22-13-6-5-7-14-22/h8-11H,5-7,12-15H2,1-4H3,(H,21,25). The molecule has 1 aromatic carbocycles. The summed E-state index contributed by atoms with van der Waals surface area (Å²) in [7, 11) is 0. The van der Waals surface area contributed by atoms with Crippen LogP contribution in [0.4, 0.5) is 11.4 Å². The summed E-state index contributed by atoms with van der Waals surface area (Å²) in [5, 5.41) is 2.90. The van der Waals surface area contributed by atoms with Crippen molar-refractivity contribution in [1.29, 1.82) is 0 Å². The Balaban J connectivity index is 1.97. The minimum Gasteiger partial charge on any atom is -0.372 e. The van der Waals surface area contributed by atoms with Crippen molar-refractivity contribution in [1.82, 2.24) is 5.32 Å². The van der Waals surface area contributed by atoms with Gasteiger partial charge in [0, 0.05) is 49.9 Å². The first kappa shape index (κ1) is 19.3. The monoisotopic (exact) mass is 345 g/mol. The maximum absolute atomic E-state index is 12.0. The van der Waals surface area contributed by atoms with Crippen LogP contribution in [-0.4, -0.2) is 38.0 Å². The number of piperidine rings is 1. The van der Waals surface area contributed by atoms with Crippen LogP contribution in [0.3, 0.4) is 0 Å². The molecule has 1 aromatic rings. The lowest BCUT2D eigenvalue weighted by molar-refractivity contribution is -0.128. The quantitative estimate of drug-likeness (QED) is 0.892. The molecule has 0 atom stereocenters. The van der Waals surface area contributed by atoms with Gasteiger partial charge in [-0.05, 0) is 43.5 Å². The number of rotatable bonds is 5. The van der Waals surface area contributed by atoms with Gasteiger partial charge >= 0.3 is 0 Å². The number of carbonyl (C=O) groups excluding carboxylic acids is 2. The first-order valence-corrected chi connectivity index (χ1v) is 9.20. The third kappa shape index (κ3) is 5.48. The second kappa shape index (κ2) is 8.37. The van der Waals surface area contributed by atoms with Gasteiger partial charge in [-0.2, -0.15) is 0 Å². The van der Waals surface area contributed by atoms with Gasteiger partial charge in [0.25, 0.3) is 0 Å². The summed E-state index contributed by atoms with van der Waals surface area (Å²) >= 11 is 0. The third-order valence-electron chi connectivity index (χ3n) is 4.56. The Kier molecular flexibility index (Phi) is 6.45. The van der Waals surface area contributed by atoms with Gasteiger partial charge in [0.1, 0.15) is 0 Å². The summed E-state index contributed by atoms with van der Waals surface area (Å²) < 4.78 is 0. The van der Waals surface area contributed by atoms with Crippen LogP contribution in [0.25, 0.3) is 0 Å². The molecule has 1 fully saturated rings. The van der Waals surface area contributed by atoms with Gasteiger partial charge in [-0.3, -0.25) is 9.59 Å². The molecule has 1 heterocycles. The predicted molar refractivity (Wildman–Crippen MR) is 103 cm³/mol. The van der Waals surface area contributed by atoms with Gasteiger partial charge in [-0.25, -0.2) is 0 Å². The molecule has 0 spiro atoms. The molecule has 0 aromatic heterocycles. The highest BCUT2D eigenvalue weighted by molar-refractivity contribution is 5.91. The van der Waals surface area contributed by atoms with Gasteiger partial charge in [0.15, 0.2) is 0 Å². The van der Waals surface area contributed by atoms with Gasteiger partial charge in [-0.1, -0.05) is 20.8 Å². The number of nitrogens with zero attached hydrogens (tertiary/aromatic N) is 2. The molecule has 138 valence electrons. The minimum absolute atomic E-state index is 0.00329. The summed E-state index contributed by atoms with van der Waals surface area (Å²) in [6.07, 6.45) is 3.80. The van der Waals surface area contributed by atoms with Crippen molar-refractivity contribution in [2.45, 2.75) is 47.0 Å².